The summed E-state index contributed by atoms with van der Waals surface area (Å²) in [5.41, 5.74) is 2.41. The van der Waals surface area contributed by atoms with E-state index < -0.39 is 17.8 Å². The quantitative estimate of drug-likeness (QED) is 0.315. The number of pyridine rings is 2. The van der Waals surface area contributed by atoms with Crippen molar-refractivity contribution < 1.29 is 22.8 Å². The van der Waals surface area contributed by atoms with Gasteiger partial charge in [0.15, 0.2) is 11.4 Å². The smallest absolute Gasteiger partial charge is 0.354 e. The molecule has 5 aromatic rings. The predicted molar refractivity (Wildman–Crippen MR) is 153 cm³/mol. The Balaban J connectivity index is 1.53. The SMILES string of the molecule is CCc1cc2c(N3CCc4c(cc(Cn5ccnc5)cc4-c4cn(C)nc4C(F)(F)F)C3=O)ccnc2c(C(=O)NC)n1. The molecule has 0 unspecified atom stereocenters. The molecule has 0 bridgehead atoms. The number of hydrogen-bond acceptors (Lipinski definition) is 6. The van der Waals surface area contributed by atoms with E-state index in [9.17, 15) is 22.8 Å². The highest BCUT2D eigenvalue weighted by Gasteiger charge is 2.39. The summed E-state index contributed by atoms with van der Waals surface area (Å²) in [6.07, 6.45) is 3.98. The van der Waals surface area contributed by atoms with Gasteiger partial charge in [0, 0.05) is 74.2 Å². The lowest BCUT2D eigenvalue weighted by atomic mass is 9.88. The van der Waals surface area contributed by atoms with Gasteiger partial charge in [0.1, 0.15) is 5.52 Å². The summed E-state index contributed by atoms with van der Waals surface area (Å²) >= 11 is 0. The van der Waals surface area contributed by atoms with Crippen LogP contribution in [-0.4, -0.2) is 54.7 Å². The van der Waals surface area contributed by atoms with E-state index >= 15 is 0 Å². The lowest BCUT2D eigenvalue weighted by molar-refractivity contribution is -0.141. The predicted octanol–water partition coefficient (Wildman–Crippen LogP) is 4.42. The van der Waals surface area contributed by atoms with Gasteiger partial charge in [-0.2, -0.15) is 18.3 Å². The number of nitrogens with zero attached hydrogens (tertiary/aromatic N) is 7. The number of fused-ring (bicyclic) bond motifs is 2. The first kappa shape index (κ1) is 28.1. The Morgan fingerprint density at radius 3 is 2.60 bits per heavy atom. The molecule has 220 valence electrons. The summed E-state index contributed by atoms with van der Waals surface area (Å²) in [5.74, 6) is -0.762. The van der Waals surface area contributed by atoms with Gasteiger partial charge in [-0.1, -0.05) is 6.92 Å². The first-order valence-corrected chi connectivity index (χ1v) is 13.6. The molecule has 1 aliphatic rings. The number of carbonyl (C=O) groups is 2. The number of halogens is 3. The maximum absolute atomic E-state index is 14.3. The average Bonchev–Trinajstić information content (AvgIpc) is 3.65. The van der Waals surface area contributed by atoms with Gasteiger partial charge >= 0.3 is 6.18 Å². The molecule has 4 aromatic heterocycles. The standard InChI is InChI=1S/C30H27F3N8O2/c1-4-18-13-22-24(5-7-36-25(22)26(37-18)28(42)34-2)41-9-6-19-20(23-15-39(3)38-27(23)30(31,32)33)11-17(12-21(19)29(41)43)14-40-10-8-35-16-40/h5,7-8,10-13,15-16H,4,6,9,14H2,1-3H3,(H,34,42). The first-order valence-electron chi connectivity index (χ1n) is 13.6. The number of imidazole rings is 1. The molecule has 0 atom stereocenters. The van der Waals surface area contributed by atoms with Gasteiger partial charge in [-0.25, -0.2) is 9.97 Å². The van der Waals surface area contributed by atoms with E-state index in [1.807, 2.05) is 13.0 Å². The van der Waals surface area contributed by atoms with Crippen LogP contribution in [0.4, 0.5) is 18.9 Å². The van der Waals surface area contributed by atoms with Gasteiger partial charge in [0.2, 0.25) is 0 Å². The zero-order valence-corrected chi connectivity index (χ0v) is 23.6. The fraction of sp³-hybridized carbons (Fsp3) is 0.267. The third-order valence-corrected chi connectivity index (χ3v) is 7.54. The van der Waals surface area contributed by atoms with Crippen molar-refractivity contribution in [2.45, 2.75) is 32.5 Å². The van der Waals surface area contributed by atoms with E-state index in [2.05, 4.69) is 25.4 Å². The second kappa shape index (κ2) is 10.6. The molecule has 2 amide bonds. The Labute approximate surface area is 244 Å². The molecule has 1 N–H and O–H groups in total. The number of aryl methyl sites for hydroxylation is 2. The molecule has 0 saturated carbocycles. The number of carbonyl (C=O) groups excluding carboxylic acids is 2. The van der Waals surface area contributed by atoms with Crippen molar-refractivity contribution in [3.8, 4) is 11.1 Å². The van der Waals surface area contributed by atoms with E-state index in [0.29, 0.717) is 63.9 Å². The first-order chi connectivity index (χ1) is 20.6. The molecule has 1 aromatic carbocycles. The highest BCUT2D eigenvalue weighted by molar-refractivity contribution is 6.14. The maximum atomic E-state index is 14.3. The maximum Gasteiger partial charge on any atom is 0.435 e. The second-order valence-electron chi connectivity index (χ2n) is 10.3. The van der Waals surface area contributed by atoms with E-state index in [4.69, 9.17) is 0 Å². The van der Waals surface area contributed by atoms with Crippen LogP contribution in [0.25, 0.3) is 22.0 Å². The molecular formula is C30H27F3N8O2. The van der Waals surface area contributed by atoms with Crippen molar-refractivity contribution in [2.24, 2.45) is 7.05 Å². The Morgan fingerprint density at radius 2 is 1.91 bits per heavy atom. The molecule has 1 aliphatic heterocycles. The van der Waals surface area contributed by atoms with Crippen molar-refractivity contribution in [3.05, 3.63) is 89.2 Å². The van der Waals surface area contributed by atoms with Crippen molar-refractivity contribution in [1.29, 1.82) is 0 Å². The van der Waals surface area contributed by atoms with Gasteiger partial charge in [0.25, 0.3) is 11.8 Å². The van der Waals surface area contributed by atoms with Crippen LogP contribution in [0, 0.1) is 0 Å². The molecule has 0 saturated heterocycles. The van der Waals surface area contributed by atoms with Gasteiger partial charge in [-0.05, 0) is 53.8 Å². The molecule has 0 radical (unpaired) electrons. The molecule has 43 heavy (non-hydrogen) atoms. The Kier molecular flexibility index (Phi) is 6.95. The van der Waals surface area contributed by atoms with Crippen LogP contribution in [0.15, 0.2) is 55.4 Å². The largest absolute Gasteiger partial charge is 0.435 e. The van der Waals surface area contributed by atoms with Crippen LogP contribution < -0.4 is 10.2 Å². The number of benzene rings is 1. The fourth-order valence-electron chi connectivity index (χ4n) is 5.59. The van der Waals surface area contributed by atoms with Crippen LogP contribution in [-0.2, 0) is 32.6 Å². The van der Waals surface area contributed by atoms with Gasteiger partial charge in [0.05, 0.1) is 12.0 Å². The normalized spacial score (nSPS) is 13.4. The molecule has 10 nitrogen and oxygen atoms in total. The molecule has 13 heteroatoms. The number of nitrogens with one attached hydrogen (secondary N) is 1. The zero-order valence-electron chi connectivity index (χ0n) is 23.6. The van der Waals surface area contributed by atoms with Crippen LogP contribution in [0.2, 0.25) is 0 Å². The number of aromatic nitrogens is 6. The number of anilines is 1. The summed E-state index contributed by atoms with van der Waals surface area (Å²) in [6.45, 7) is 2.42. The molecule has 0 spiro atoms. The number of rotatable bonds is 6. The summed E-state index contributed by atoms with van der Waals surface area (Å²) in [5, 5.41) is 6.89. The highest BCUT2D eigenvalue weighted by Crippen LogP contribution is 2.41. The Morgan fingerprint density at radius 1 is 1.12 bits per heavy atom. The number of alkyl halides is 3. The molecule has 0 aliphatic carbocycles. The van der Waals surface area contributed by atoms with E-state index in [0.717, 1.165) is 4.68 Å². The van der Waals surface area contributed by atoms with Crippen molar-refractivity contribution in [2.75, 3.05) is 18.5 Å². The van der Waals surface area contributed by atoms with Crippen LogP contribution >= 0.6 is 0 Å². The Hall–Kier alpha value is -5.07. The van der Waals surface area contributed by atoms with Crippen molar-refractivity contribution in [1.82, 2.24) is 34.6 Å². The minimum Gasteiger partial charge on any atom is -0.354 e. The van der Waals surface area contributed by atoms with Gasteiger partial charge in [-0.3, -0.25) is 19.3 Å². The van der Waals surface area contributed by atoms with Crippen molar-refractivity contribution >= 4 is 28.4 Å². The van der Waals surface area contributed by atoms with Crippen LogP contribution in [0.3, 0.4) is 0 Å². The third kappa shape index (κ3) is 5.00. The van der Waals surface area contributed by atoms with Gasteiger partial charge < -0.3 is 14.8 Å². The molecule has 6 rings (SSSR count). The lowest BCUT2D eigenvalue weighted by Crippen LogP contribution is -2.38. The van der Waals surface area contributed by atoms with E-state index in [1.54, 1.807) is 46.4 Å². The molecule has 0 fully saturated rings. The monoisotopic (exact) mass is 588 g/mol. The highest BCUT2D eigenvalue weighted by atomic mass is 19.4. The topological polar surface area (TPSA) is 111 Å². The third-order valence-electron chi connectivity index (χ3n) is 7.54. The fourth-order valence-corrected chi connectivity index (χ4v) is 5.59. The number of amides is 2. The van der Waals surface area contributed by atoms with Crippen LogP contribution in [0.1, 0.15) is 50.3 Å². The van der Waals surface area contributed by atoms with Crippen molar-refractivity contribution in [3.63, 3.8) is 0 Å². The molecular weight excluding hydrogens is 561 g/mol. The molecule has 5 heterocycles. The Bertz CT molecular complexity index is 1880. The summed E-state index contributed by atoms with van der Waals surface area (Å²) in [6, 6.07) is 6.95. The van der Waals surface area contributed by atoms with Crippen LogP contribution in [0.5, 0.6) is 0 Å². The zero-order chi connectivity index (χ0) is 30.5. The summed E-state index contributed by atoms with van der Waals surface area (Å²) < 4.78 is 45.1. The second-order valence-corrected chi connectivity index (χ2v) is 10.3. The lowest BCUT2D eigenvalue weighted by Gasteiger charge is -2.31. The minimum absolute atomic E-state index is 0.0803. The van der Waals surface area contributed by atoms with Gasteiger partial charge in [-0.15, -0.1) is 0 Å². The average molecular weight is 589 g/mol. The number of hydrogen-bond donors (Lipinski definition) is 1. The summed E-state index contributed by atoms with van der Waals surface area (Å²) in [7, 11) is 2.95. The van der Waals surface area contributed by atoms with E-state index in [-0.39, 0.29) is 23.7 Å². The minimum atomic E-state index is -4.68. The van der Waals surface area contributed by atoms with E-state index in [1.165, 1.54) is 26.5 Å². The summed E-state index contributed by atoms with van der Waals surface area (Å²) in [4.78, 5) is 41.5.